The minimum absolute atomic E-state index is 0.0411. The van der Waals surface area contributed by atoms with Gasteiger partial charge in [-0.1, -0.05) is 17.7 Å². The molecule has 2 heterocycles. The van der Waals surface area contributed by atoms with Crippen LogP contribution < -0.4 is 5.32 Å². The van der Waals surface area contributed by atoms with Crippen LogP contribution in [0.2, 0.25) is 5.02 Å². The average molecular weight is 302 g/mol. The molecule has 0 aliphatic carbocycles. The van der Waals surface area contributed by atoms with E-state index in [2.05, 4.69) is 17.2 Å². The Bertz CT molecular complexity index is 734. The van der Waals surface area contributed by atoms with E-state index >= 15 is 0 Å². The first-order chi connectivity index (χ1) is 10.1. The highest BCUT2D eigenvalue weighted by molar-refractivity contribution is 6.33. The predicted octanol–water partition coefficient (Wildman–Crippen LogP) is 4.60. The first-order valence-corrected chi connectivity index (χ1v) is 7.12. The molecule has 0 spiro atoms. The van der Waals surface area contributed by atoms with Crippen LogP contribution in [0.25, 0.3) is 5.69 Å². The Balaban J connectivity index is 1.94. The van der Waals surface area contributed by atoms with Crippen LogP contribution in [0.5, 0.6) is 0 Å². The normalized spacial score (nSPS) is 12.3. The molecule has 108 valence electrons. The van der Waals surface area contributed by atoms with Gasteiger partial charge in [0.2, 0.25) is 0 Å². The van der Waals surface area contributed by atoms with Crippen LogP contribution in [-0.4, -0.2) is 9.55 Å². The zero-order valence-electron chi connectivity index (χ0n) is 11.9. The second-order valence-corrected chi connectivity index (χ2v) is 5.33. The van der Waals surface area contributed by atoms with Gasteiger partial charge in [-0.3, -0.25) is 0 Å². The fourth-order valence-electron chi connectivity index (χ4n) is 2.28. The molecule has 0 saturated carbocycles. The van der Waals surface area contributed by atoms with Crippen molar-refractivity contribution in [2.24, 2.45) is 0 Å². The number of aryl methyl sites for hydroxylation is 1. The Kier molecular flexibility index (Phi) is 3.71. The minimum Gasteiger partial charge on any atom is -0.464 e. The summed E-state index contributed by atoms with van der Waals surface area (Å²) in [6, 6.07) is 9.76. The van der Waals surface area contributed by atoms with Crippen molar-refractivity contribution >= 4 is 17.3 Å². The second kappa shape index (κ2) is 5.66. The summed E-state index contributed by atoms with van der Waals surface area (Å²) in [7, 11) is 0. The van der Waals surface area contributed by atoms with E-state index in [0.29, 0.717) is 5.02 Å². The Hall–Kier alpha value is -2.20. The fourth-order valence-corrected chi connectivity index (χ4v) is 2.55. The molecule has 0 bridgehead atoms. The van der Waals surface area contributed by atoms with Gasteiger partial charge in [0, 0.05) is 12.4 Å². The van der Waals surface area contributed by atoms with Crippen LogP contribution in [0.15, 0.2) is 53.5 Å². The first-order valence-electron chi connectivity index (χ1n) is 6.75. The lowest BCUT2D eigenvalue weighted by molar-refractivity contribution is 0.467. The number of aromatic nitrogens is 2. The number of anilines is 1. The number of nitrogens with zero attached hydrogens (tertiary/aromatic N) is 2. The smallest absolute Gasteiger partial charge is 0.126 e. The van der Waals surface area contributed by atoms with Gasteiger partial charge in [0.05, 0.1) is 28.8 Å². The van der Waals surface area contributed by atoms with Crippen molar-refractivity contribution < 1.29 is 4.42 Å². The molecule has 0 fully saturated rings. The standard InChI is InChI=1S/C16H16ClN3O/c1-11-6-7-15(21-11)12(2)19-14-5-3-4-13(17)16(14)20-9-8-18-10-20/h3-10,12,19H,1-2H3. The van der Waals surface area contributed by atoms with E-state index in [-0.39, 0.29) is 6.04 Å². The maximum Gasteiger partial charge on any atom is 0.126 e. The molecule has 21 heavy (non-hydrogen) atoms. The summed E-state index contributed by atoms with van der Waals surface area (Å²) in [4.78, 5) is 4.08. The molecule has 4 nitrogen and oxygen atoms in total. The van der Waals surface area contributed by atoms with E-state index in [9.17, 15) is 0 Å². The van der Waals surface area contributed by atoms with Crippen molar-refractivity contribution in [2.45, 2.75) is 19.9 Å². The molecule has 1 atom stereocenters. The van der Waals surface area contributed by atoms with Crippen molar-refractivity contribution in [1.82, 2.24) is 9.55 Å². The van der Waals surface area contributed by atoms with Crippen LogP contribution in [0.1, 0.15) is 24.5 Å². The van der Waals surface area contributed by atoms with E-state index in [1.165, 1.54) is 0 Å². The Labute approximate surface area is 128 Å². The molecule has 0 amide bonds. The molecule has 1 aromatic carbocycles. The van der Waals surface area contributed by atoms with E-state index < -0.39 is 0 Å². The summed E-state index contributed by atoms with van der Waals surface area (Å²) in [6.45, 7) is 3.99. The SMILES string of the molecule is Cc1ccc(C(C)Nc2cccc(Cl)c2-n2ccnc2)o1. The monoisotopic (exact) mass is 301 g/mol. The largest absolute Gasteiger partial charge is 0.464 e. The van der Waals surface area contributed by atoms with E-state index in [1.54, 1.807) is 12.5 Å². The minimum atomic E-state index is 0.0411. The lowest BCUT2D eigenvalue weighted by Crippen LogP contribution is -2.08. The van der Waals surface area contributed by atoms with Crippen LogP contribution >= 0.6 is 11.6 Å². The van der Waals surface area contributed by atoms with Gasteiger partial charge in [0.15, 0.2) is 0 Å². The number of para-hydroxylation sites is 1. The van der Waals surface area contributed by atoms with Gasteiger partial charge >= 0.3 is 0 Å². The number of nitrogens with one attached hydrogen (secondary N) is 1. The second-order valence-electron chi connectivity index (χ2n) is 4.92. The Morgan fingerprint density at radius 1 is 1.29 bits per heavy atom. The molecule has 3 aromatic rings. The Morgan fingerprint density at radius 3 is 2.81 bits per heavy atom. The molecule has 5 heteroatoms. The number of furan rings is 1. The van der Waals surface area contributed by atoms with Crippen LogP contribution in [-0.2, 0) is 0 Å². The maximum atomic E-state index is 6.34. The molecule has 1 unspecified atom stereocenters. The number of hydrogen-bond acceptors (Lipinski definition) is 3. The summed E-state index contributed by atoms with van der Waals surface area (Å²) in [5.41, 5.74) is 1.81. The van der Waals surface area contributed by atoms with E-state index in [1.807, 2.05) is 48.0 Å². The average Bonchev–Trinajstić information content (AvgIpc) is 3.10. The van der Waals surface area contributed by atoms with Crippen LogP contribution in [0.4, 0.5) is 5.69 Å². The third kappa shape index (κ3) is 2.81. The van der Waals surface area contributed by atoms with Gasteiger partial charge < -0.3 is 14.3 Å². The first kappa shape index (κ1) is 13.8. The molecule has 3 rings (SSSR count). The van der Waals surface area contributed by atoms with Gasteiger partial charge in [-0.25, -0.2) is 4.98 Å². The maximum absolute atomic E-state index is 6.34. The fraction of sp³-hybridized carbons (Fsp3) is 0.188. The summed E-state index contributed by atoms with van der Waals surface area (Å²) >= 11 is 6.34. The summed E-state index contributed by atoms with van der Waals surface area (Å²) in [5, 5.41) is 4.11. The lowest BCUT2D eigenvalue weighted by Gasteiger charge is -2.18. The molecular formula is C16H16ClN3O. The van der Waals surface area contributed by atoms with Crippen molar-refractivity contribution in [3.05, 3.63) is 65.6 Å². The highest BCUT2D eigenvalue weighted by Crippen LogP contribution is 2.31. The number of rotatable bonds is 4. The topological polar surface area (TPSA) is 43.0 Å². The number of halogens is 1. The van der Waals surface area contributed by atoms with Gasteiger partial charge in [-0.15, -0.1) is 0 Å². The predicted molar refractivity (Wildman–Crippen MR) is 84.1 cm³/mol. The van der Waals surface area contributed by atoms with E-state index in [0.717, 1.165) is 22.9 Å². The molecule has 0 aliphatic heterocycles. The molecule has 0 aliphatic rings. The Morgan fingerprint density at radius 2 is 2.14 bits per heavy atom. The van der Waals surface area contributed by atoms with Crippen molar-refractivity contribution in [3.8, 4) is 5.69 Å². The van der Waals surface area contributed by atoms with Crippen LogP contribution in [0, 0.1) is 6.92 Å². The van der Waals surface area contributed by atoms with Crippen molar-refractivity contribution in [1.29, 1.82) is 0 Å². The van der Waals surface area contributed by atoms with Crippen molar-refractivity contribution in [2.75, 3.05) is 5.32 Å². The van der Waals surface area contributed by atoms with Gasteiger partial charge in [0.25, 0.3) is 0 Å². The molecular weight excluding hydrogens is 286 g/mol. The quantitative estimate of drug-likeness (QED) is 0.766. The highest BCUT2D eigenvalue weighted by atomic mass is 35.5. The highest BCUT2D eigenvalue weighted by Gasteiger charge is 2.14. The summed E-state index contributed by atoms with van der Waals surface area (Å²) < 4.78 is 7.56. The summed E-state index contributed by atoms with van der Waals surface area (Å²) in [5.74, 6) is 1.80. The van der Waals surface area contributed by atoms with Gasteiger partial charge in [0.1, 0.15) is 11.5 Å². The third-order valence-electron chi connectivity index (χ3n) is 3.31. The molecule has 2 aromatic heterocycles. The lowest BCUT2D eigenvalue weighted by atomic mass is 10.2. The third-order valence-corrected chi connectivity index (χ3v) is 3.61. The number of benzene rings is 1. The zero-order chi connectivity index (χ0) is 14.8. The van der Waals surface area contributed by atoms with Gasteiger partial charge in [-0.05, 0) is 38.1 Å². The molecule has 1 N–H and O–H groups in total. The molecule has 0 radical (unpaired) electrons. The summed E-state index contributed by atoms with van der Waals surface area (Å²) in [6.07, 6.45) is 5.33. The van der Waals surface area contributed by atoms with E-state index in [4.69, 9.17) is 16.0 Å². The van der Waals surface area contributed by atoms with Crippen molar-refractivity contribution in [3.63, 3.8) is 0 Å². The molecule has 0 saturated heterocycles. The zero-order valence-corrected chi connectivity index (χ0v) is 12.6. The van der Waals surface area contributed by atoms with Gasteiger partial charge in [-0.2, -0.15) is 0 Å². The number of imidazole rings is 1. The number of hydrogen-bond donors (Lipinski definition) is 1. The van der Waals surface area contributed by atoms with Crippen LogP contribution in [0.3, 0.4) is 0 Å².